The highest BCUT2D eigenvalue weighted by molar-refractivity contribution is 6.36. The van der Waals surface area contributed by atoms with Crippen molar-refractivity contribution in [2.24, 2.45) is 0 Å². The predicted octanol–water partition coefficient (Wildman–Crippen LogP) is 5.79. The van der Waals surface area contributed by atoms with Crippen LogP contribution in [0.5, 0.6) is 6.01 Å². The third-order valence-corrected chi connectivity index (χ3v) is 8.81. The first kappa shape index (κ1) is 29.7. The largest absolute Gasteiger partial charge is 0.462 e. The molecule has 226 valence electrons. The molecule has 0 bridgehead atoms. The van der Waals surface area contributed by atoms with Gasteiger partial charge in [-0.3, -0.25) is 9.69 Å². The van der Waals surface area contributed by atoms with Crippen molar-refractivity contribution in [3.63, 3.8) is 0 Å². The number of likely N-dealkylation sites (tertiary alicyclic amines) is 1. The number of aromatic nitrogens is 2. The number of carbonyl (C=O) groups is 1. The van der Waals surface area contributed by atoms with Gasteiger partial charge < -0.3 is 19.4 Å². The zero-order valence-corrected chi connectivity index (χ0v) is 25.0. The van der Waals surface area contributed by atoms with Crippen molar-refractivity contribution in [3.05, 3.63) is 83.4 Å². The number of anilines is 1. The molecule has 0 unspecified atom stereocenters. The molecule has 1 amide bonds. The van der Waals surface area contributed by atoms with E-state index in [4.69, 9.17) is 27.9 Å². The molecular formula is C33H31ClF2N6O2. The van der Waals surface area contributed by atoms with Crippen LogP contribution < -0.4 is 9.64 Å². The van der Waals surface area contributed by atoms with Gasteiger partial charge in [-0.2, -0.15) is 9.97 Å². The summed E-state index contributed by atoms with van der Waals surface area (Å²) >= 11 is 6.58. The van der Waals surface area contributed by atoms with Crippen molar-refractivity contribution >= 4 is 45.0 Å². The molecule has 2 aliphatic rings. The number of fused-ring (bicyclic) bond motifs is 2. The number of ether oxygens (including phenoxy) is 1. The standard InChI is InChI=1S/C33H31ClF2N6O2/c1-4-28(43)42-14-13-41(18-23(42)16-37-2)32-26-12-11-25(24-9-5-7-20-8-6-10-27(34)29(20)24)30(36)31(26)38-33(39-32)44-19-22-15-21(35)17-40(22)3/h4-12,21-23H,1,13-19H2,3H3/t21-,22+,23+/m1/s1. The summed E-state index contributed by atoms with van der Waals surface area (Å²) in [5.74, 6) is -0.357. The van der Waals surface area contributed by atoms with Crippen molar-refractivity contribution in [1.82, 2.24) is 19.8 Å². The van der Waals surface area contributed by atoms with Crippen LogP contribution in [0.1, 0.15) is 6.42 Å². The quantitative estimate of drug-likeness (QED) is 0.194. The van der Waals surface area contributed by atoms with E-state index in [1.807, 2.05) is 47.2 Å². The van der Waals surface area contributed by atoms with Gasteiger partial charge in [-0.25, -0.2) is 15.4 Å². The number of hydrogen-bond acceptors (Lipinski definition) is 6. The Balaban J connectivity index is 1.45. The molecule has 11 heteroatoms. The first-order valence-electron chi connectivity index (χ1n) is 14.4. The minimum atomic E-state index is -0.942. The lowest BCUT2D eigenvalue weighted by atomic mass is 9.96. The molecule has 4 aromatic rings. The van der Waals surface area contributed by atoms with Crippen LogP contribution in [0.15, 0.2) is 61.2 Å². The zero-order valence-electron chi connectivity index (χ0n) is 24.2. The molecule has 0 spiro atoms. The average Bonchev–Trinajstić information content (AvgIpc) is 3.36. The number of hydrogen-bond donors (Lipinski definition) is 0. The van der Waals surface area contributed by atoms with E-state index >= 15 is 4.39 Å². The van der Waals surface area contributed by atoms with Gasteiger partial charge in [-0.15, -0.1) is 0 Å². The van der Waals surface area contributed by atoms with Crippen LogP contribution in [0.2, 0.25) is 5.02 Å². The molecule has 0 saturated carbocycles. The van der Waals surface area contributed by atoms with Crippen LogP contribution in [0.25, 0.3) is 37.6 Å². The maximum Gasteiger partial charge on any atom is 0.319 e. The normalized spacial score (nSPS) is 20.7. The lowest BCUT2D eigenvalue weighted by Crippen LogP contribution is -2.56. The summed E-state index contributed by atoms with van der Waals surface area (Å²) in [6, 6.07) is 14.0. The van der Waals surface area contributed by atoms with Crippen LogP contribution in [0.4, 0.5) is 14.6 Å². The third-order valence-electron chi connectivity index (χ3n) is 8.49. The summed E-state index contributed by atoms with van der Waals surface area (Å²) in [6.45, 7) is 12.6. The molecule has 8 nitrogen and oxygen atoms in total. The van der Waals surface area contributed by atoms with Crippen LogP contribution in [-0.4, -0.2) is 90.3 Å². The molecule has 44 heavy (non-hydrogen) atoms. The Morgan fingerprint density at radius 3 is 2.66 bits per heavy atom. The summed E-state index contributed by atoms with van der Waals surface area (Å²) in [6.07, 6.45) is 0.634. The number of piperazine rings is 1. The monoisotopic (exact) mass is 616 g/mol. The molecule has 3 aromatic carbocycles. The van der Waals surface area contributed by atoms with Crippen LogP contribution in [-0.2, 0) is 4.79 Å². The van der Waals surface area contributed by atoms with E-state index in [-0.39, 0.29) is 36.6 Å². The fourth-order valence-corrected chi connectivity index (χ4v) is 6.54. The van der Waals surface area contributed by atoms with Crippen LogP contribution in [0.3, 0.4) is 0 Å². The summed E-state index contributed by atoms with van der Waals surface area (Å²) in [7, 11) is 1.84. The summed E-state index contributed by atoms with van der Waals surface area (Å²) in [4.78, 5) is 30.8. The number of likely N-dealkylation sites (N-methyl/N-ethyl adjacent to an activating group) is 1. The summed E-state index contributed by atoms with van der Waals surface area (Å²) in [5.41, 5.74) is 1.03. The smallest absolute Gasteiger partial charge is 0.319 e. The predicted molar refractivity (Wildman–Crippen MR) is 168 cm³/mol. The molecule has 0 N–H and O–H groups in total. The highest BCUT2D eigenvalue weighted by atomic mass is 35.5. The van der Waals surface area contributed by atoms with E-state index in [2.05, 4.69) is 16.4 Å². The molecule has 3 atom stereocenters. The number of halogens is 3. The third kappa shape index (κ3) is 5.53. The molecule has 3 heterocycles. The van der Waals surface area contributed by atoms with Gasteiger partial charge in [0.15, 0.2) is 5.82 Å². The first-order chi connectivity index (χ1) is 21.3. The lowest BCUT2D eigenvalue weighted by Gasteiger charge is -2.39. The van der Waals surface area contributed by atoms with Crippen molar-refractivity contribution in [1.29, 1.82) is 0 Å². The number of rotatable bonds is 7. The van der Waals surface area contributed by atoms with E-state index in [0.29, 0.717) is 60.0 Å². The Kier molecular flexibility index (Phi) is 8.34. The second-order valence-electron chi connectivity index (χ2n) is 11.2. The van der Waals surface area contributed by atoms with Gasteiger partial charge in [0.25, 0.3) is 0 Å². The minimum Gasteiger partial charge on any atom is -0.462 e. The van der Waals surface area contributed by atoms with Gasteiger partial charge in [-0.1, -0.05) is 54.6 Å². The minimum absolute atomic E-state index is 0.0264. The van der Waals surface area contributed by atoms with Gasteiger partial charge >= 0.3 is 6.01 Å². The Bertz CT molecular complexity index is 1790. The molecule has 0 radical (unpaired) electrons. The Labute approximate surface area is 259 Å². The maximum atomic E-state index is 16.6. The number of benzene rings is 3. The number of nitrogens with zero attached hydrogens (tertiary/aromatic N) is 6. The summed E-state index contributed by atoms with van der Waals surface area (Å²) in [5, 5.41) is 2.59. The van der Waals surface area contributed by atoms with E-state index in [1.165, 1.54) is 6.08 Å². The lowest BCUT2D eigenvalue weighted by molar-refractivity contribution is -0.128. The molecule has 6 rings (SSSR count). The van der Waals surface area contributed by atoms with Crippen LogP contribution in [0, 0.1) is 12.4 Å². The van der Waals surface area contributed by atoms with Crippen molar-refractivity contribution < 1.29 is 18.3 Å². The molecule has 0 aliphatic carbocycles. The zero-order chi connectivity index (χ0) is 31.0. The highest BCUT2D eigenvalue weighted by Crippen LogP contribution is 2.39. The Morgan fingerprint density at radius 1 is 1.14 bits per heavy atom. The van der Waals surface area contributed by atoms with E-state index < -0.39 is 18.0 Å². The fraction of sp³-hybridized carbons (Fsp3) is 0.333. The highest BCUT2D eigenvalue weighted by Gasteiger charge is 2.34. The van der Waals surface area contributed by atoms with Crippen molar-refractivity contribution in [2.75, 3.05) is 51.3 Å². The fourth-order valence-electron chi connectivity index (χ4n) is 6.25. The van der Waals surface area contributed by atoms with E-state index in [9.17, 15) is 9.18 Å². The first-order valence-corrected chi connectivity index (χ1v) is 14.8. The van der Waals surface area contributed by atoms with Gasteiger partial charge in [0.1, 0.15) is 30.2 Å². The van der Waals surface area contributed by atoms with Gasteiger partial charge in [0, 0.05) is 53.6 Å². The summed E-state index contributed by atoms with van der Waals surface area (Å²) < 4.78 is 36.7. The van der Waals surface area contributed by atoms with Gasteiger partial charge in [0.2, 0.25) is 12.5 Å². The van der Waals surface area contributed by atoms with E-state index in [0.717, 1.165) is 10.8 Å². The van der Waals surface area contributed by atoms with Gasteiger partial charge in [0.05, 0.1) is 0 Å². The number of amides is 1. The molecule has 2 aliphatic heterocycles. The van der Waals surface area contributed by atoms with E-state index in [1.54, 1.807) is 23.1 Å². The Morgan fingerprint density at radius 2 is 1.93 bits per heavy atom. The maximum absolute atomic E-state index is 16.6. The number of alkyl halides is 1. The topological polar surface area (TPSA) is 66.2 Å². The second-order valence-corrected chi connectivity index (χ2v) is 11.6. The van der Waals surface area contributed by atoms with Crippen LogP contribution >= 0.6 is 11.6 Å². The average molecular weight is 617 g/mol. The van der Waals surface area contributed by atoms with Crippen molar-refractivity contribution in [2.45, 2.75) is 24.7 Å². The SMILES string of the molecule is [C-]#[N+]C[C@H]1CN(c2nc(OC[C@@H]3C[C@@H](F)CN3C)nc3c(F)c(-c4cccc5cccc(Cl)c45)ccc23)CCN1C(=O)C=C. The molecular weight excluding hydrogens is 586 g/mol. The van der Waals surface area contributed by atoms with Gasteiger partial charge in [-0.05, 0) is 42.6 Å². The molecule has 2 saturated heterocycles. The number of carbonyl (C=O) groups excluding carboxylic acids is 1. The Hall–Kier alpha value is -4.33. The molecule has 2 fully saturated rings. The van der Waals surface area contributed by atoms with Crippen molar-refractivity contribution in [3.8, 4) is 17.1 Å². The molecule has 1 aromatic heterocycles. The second kappa shape index (κ2) is 12.3.